The lowest BCUT2D eigenvalue weighted by Gasteiger charge is -2.07. The molecule has 0 aliphatic heterocycles. The van der Waals surface area contributed by atoms with Gasteiger partial charge in [-0.25, -0.2) is 4.79 Å². The summed E-state index contributed by atoms with van der Waals surface area (Å²) in [6.45, 7) is 0. The highest BCUT2D eigenvalue weighted by Crippen LogP contribution is 2.27. The van der Waals surface area contributed by atoms with Gasteiger partial charge in [-0.3, -0.25) is 10.2 Å². The third kappa shape index (κ3) is 4.86. The van der Waals surface area contributed by atoms with E-state index in [1.807, 2.05) is 0 Å². The maximum Gasteiger partial charge on any atom is 0.437 e. The smallest absolute Gasteiger partial charge is 0.437 e. The van der Waals surface area contributed by atoms with Gasteiger partial charge in [0.25, 0.3) is 0 Å². The molecule has 5 nitrogen and oxygen atoms in total. The van der Waals surface area contributed by atoms with Gasteiger partial charge < -0.3 is 4.74 Å². The maximum atomic E-state index is 11.7. The van der Waals surface area contributed by atoms with Crippen LogP contribution in [0.2, 0.25) is 10.0 Å². The molecule has 1 amide bonds. The molecule has 0 fully saturated rings. The number of oxime groups is 1. The highest BCUT2D eigenvalue weighted by Gasteiger charge is 2.08. The van der Waals surface area contributed by atoms with Crippen LogP contribution in [0, 0.1) is 0 Å². The van der Waals surface area contributed by atoms with Gasteiger partial charge in [-0.2, -0.15) is 0 Å². The minimum atomic E-state index is -0.765. The molecule has 2 aromatic rings. The van der Waals surface area contributed by atoms with Gasteiger partial charge in [-0.1, -0.05) is 34.4 Å². The van der Waals surface area contributed by atoms with Crippen molar-refractivity contribution in [2.75, 3.05) is 12.4 Å². The predicted molar refractivity (Wildman–Crippen MR) is 94.9 cm³/mol. The predicted octanol–water partition coefficient (Wildman–Crippen LogP) is 5.35. The van der Waals surface area contributed by atoms with Gasteiger partial charge >= 0.3 is 6.09 Å². The zero-order chi connectivity index (χ0) is 16.8. The van der Waals surface area contributed by atoms with Crippen LogP contribution in [0.1, 0.15) is 5.56 Å². The summed E-state index contributed by atoms with van der Waals surface area (Å²) in [6.07, 6.45) is 0.503. The van der Waals surface area contributed by atoms with Crippen molar-refractivity contribution in [2.24, 2.45) is 5.16 Å². The van der Waals surface area contributed by atoms with Gasteiger partial charge in [0.2, 0.25) is 0 Å². The molecule has 0 unspecified atom stereocenters. The minimum absolute atomic E-state index is 0.404. The lowest BCUT2D eigenvalue weighted by molar-refractivity contribution is 0.167. The summed E-state index contributed by atoms with van der Waals surface area (Å²) < 4.78 is 5.76. The number of carbonyl (C=O) groups is 1. The fraction of sp³-hybridized carbons (Fsp3) is 0.0667. The van der Waals surface area contributed by atoms with E-state index in [9.17, 15) is 4.79 Å². The maximum absolute atomic E-state index is 11.7. The molecule has 8 heteroatoms. The number of hydrogen-bond acceptors (Lipinski definition) is 4. The van der Waals surface area contributed by atoms with Crippen molar-refractivity contribution < 1.29 is 14.4 Å². The number of amides is 1. The molecule has 0 saturated carbocycles. The normalized spacial score (nSPS) is 10.6. The third-order valence-electron chi connectivity index (χ3n) is 2.73. The standard InChI is InChI=1S/C15H11BrCl2N2O3/c1-22-9-5-6-11(16)14(7-9)20-15(21)23-19-8-10-12(17)3-2-4-13(10)18/h2-8H,1H3,(H,20,21). The average molecular weight is 418 g/mol. The molecule has 0 heterocycles. The lowest BCUT2D eigenvalue weighted by atomic mass is 10.2. The molecule has 0 aromatic heterocycles. The Morgan fingerprint density at radius 3 is 2.61 bits per heavy atom. The first-order chi connectivity index (χ1) is 11.0. The van der Waals surface area contributed by atoms with Gasteiger partial charge in [0.15, 0.2) is 0 Å². The van der Waals surface area contributed by atoms with Gasteiger partial charge in [-0.15, -0.1) is 0 Å². The molecule has 0 aliphatic rings. The first-order valence-electron chi connectivity index (χ1n) is 6.30. The first-order valence-corrected chi connectivity index (χ1v) is 7.85. The highest BCUT2D eigenvalue weighted by atomic mass is 79.9. The number of halogens is 3. The van der Waals surface area contributed by atoms with Gasteiger partial charge in [0, 0.05) is 16.1 Å². The molecule has 120 valence electrons. The topological polar surface area (TPSA) is 59.9 Å². The minimum Gasteiger partial charge on any atom is -0.497 e. The van der Waals surface area contributed by atoms with Crippen molar-refractivity contribution in [3.05, 3.63) is 56.5 Å². The van der Waals surface area contributed by atoms with Crippen molar-refractivity contribution in [2.45, 2.75) is 0 Å². The van der Waals surface area contributed by atoms with Crippen LogP contribution in [-0.2, 0) is 4.84 Å². The van der Waals surface area contributed by atoms with Gasteiger partial charge in [-0.05, 0) is 40.2 Å². The molecule has 0 atom stereocenters. The molecular formula is C15H11BrCl2N2O3. The Morgan fingerprint density at radius 1 is 1.26 bits per heavy atom. The van der Waals surface area contributed by atoms with E-state index in [0.717, 1.165) is 0 Å². The van der Waals surface area contributed by atoms with Crippen LogP contribution in [0.25, 0.3) is 0 Å². The van der Waals surface area contributed by atoms with Crippen molar-refractivity contribution in [1.29, 1.82) is 0 Å². The number of rotatable bonds is 4. The molecule has 0 aliphatic carbocycles. The zero-order valence-corrected chi connectivity index (χ0v) is 14.9. The summed E-state index contributed by atoms with van der Waals surface area (Å²) in [6, 6.07) is 10.1. The largest absolute Gasteiger partial charge is 0.497 e. The van der Waals surface area contributed by atoms with Gasteiger partial charge in [0.05, 0.1) is 29.1 Å². The van der Waals surface area contributed by atoms with Crippen molar-refractivity contribution >= 4 is 57.1 Å². The SMILES string of the molecule is COc1ccc(Br)c(NC(=O)ON=Cc2c(Cl)cccc2Cl)c1. The van der Waals surface area contributed by atoms with E-state index in [-0.39, 0.29) is 0 Å². The van der Waals surface area contributed by atoms with Crippen LogP contribution < -0.4 is 10.1 Å². The lowest BCUT2D eigenvalue weighted by Crippen LogP contribution is -2.11. The first kappa shape index (κ1) is 17.6. The molecular weight excluding hydrogens is 407 g/mol. The van der Waals surface area contributed by atoms with Crippen molar-refractivity contribution in [1.82, 2.24) is 0 Å². The van der Waals surface area contributed by atoms with E-state index in [0.29, 0.717) is 31.5 Å². The van der Waals surface area contributed by atoms with E-state index >= 15 is 0 Å². The summed E-state index contributed by atoms with van der Waals surface area (Å²) in [7, 11) is 1.53. The second-order valence-electron chi connectivity index (χ2n) is 4.22. The molecule has 23 heavy (non-hydrogen) atoms. The quantitative estimate of drug-likeness (QED) is 0.414. The third-order valence-corrected chi connectivity index (χ3v) is 4.08. The summed E-state index contributed by atoms with van der Waals surface area (Å²) >= 11 is 15.3. The van der Waals surface area contributed by atoms with Crippen LogP contribution in [0.15, 0.2) is 46.0 Å². The Labute approximate surface area is 151 Å². The summed E-state index contributed by atoms with van der Waals surface area (Å²) in [5.41, 5.74) is 0.950. The van der Waals surface area contributed by atoms with Crippen LogP contribution in [0.4, 0.5) is 10.5 Å². The molecule has 0 spiro atoms. The van der Waals surface area contributed by atoms with Crippen molar-refractivity contribution in [3.63, 3.8) is 0 Å². The number of ether oxygens (including phenoxy) is 1. The van der Waals surface area contributed by atoms with E-state index in [2.05, 4.69) is 26.4 Å². The molecule has 2 aromatic carbocycles. The highest BCUT2D eigenvalue weighted by molar-refractivity contribution is 9.10. The van der Waals surface area contributed by atoms with E-state index in [4.69, 9.17) is 32.8 Å². The molecule has 0 bridgehead atoms. The number of methoxy groups -OCH3 is 1. The molecule has 1 N–H and O–H groups in total. The Kier molecular flexibility index (Phi) is 6.27. The second-order valence-corrected chi connectivity index (χ2v) is 5.89. The van der Waals surface area contributed by atoms with Crippen LogP contribution in [0.5, 0.6) is 5.75 Å². The van der Waals surface area contributed by atoms with E-state index < -0.39 is 6.09 Å². The summed E-state index contributed by atoms with van der Waals surface area (Å²) in [5, 5.41) is 6.92. The fourth-order valence-corrected chi connectivity index (χ4v) is 2.46. The monoisotopic (exact) mass is 416 g/mol. The van der Waals surface area contributed by atoms with E-state index in [1.54, 1.807) is 36.4 Å². The number of benzene rings is 2. The Balaban J connectivity index is 2.02. The number of hydrogen-bond donors (Lipinski definition) is 1. The Morgan fingerprint density at radius 2 is 1.96 bits per heavy atom. The van der Waals surface area contributed by atoms with Crippen LogP contribution in [0.3, 0.4) is 0 Å². The van der Waals surface area contributed by atoms with Crippen LogP contribution >= 0.6 is 39.1 Å². The average Bonchev–Trinajstić information content (AvgIpc) is 2.52. The Hall–Kier alpha value is -1.76. The molecule has 2 rings (SSSR count). The Bertz CT molecular complexity index is 733. The number of anilines is 1. The summed E-state index contributed by atoms with van der Waals surface area (Å²) in [4.78, 5) is 16.5. The molecule has 0 radical (unpaired) electrons. The second kappa shape index (κ2) is 8.19. The number of carbonyl (C=O) groups excluding carboxylic acids is 1. The van der Waals surface area contributed by atoms with Gasteiger partial charge in [0.1, 0.15) is 5.75 Å². The van der Waals surface area contributed by atoms with Crippen molar-refractivity contribution in [3.8, 4) is 5.75 Å². The van der Waals surface area contributed by atoms with Crippen LogP contribution in [-0.4, -0.2) is 19.4 Å². The number of nitrogens with one attached hydrogen (secondary N) is 1. The summed E-state index contributed by atoms with van der Waals surface area (Å²) in [5.74, 6) is 0.592. The molecule has 0 saturated heterocycles. The number of nitrogens with zero attached hydrogens (tertiary/aromatic N) is 1. The fourth-order valence-electron chi connectivity index (χ4n) is 1.62. The van der Waals surface area contributed by atoms with E-state index in [1.165, 1.54) is 13.3 Å². The zero-order valence-electron chi connectivity index (χ0n) is 11.8.